The Labute approximate surface area is 150 Å². The molecule has 0 bridgehead atoms. The number of hydrogen-bond donors (Lipinski definition) is 1. The number of aliphatic carboxylic acids is 1. The van der Waals surface area contributed by atoms with Crippen LogP contribution in [0.15, 0.2) is 0 Å². The fourth-order valence-electron chi connectivity index (χ4n) is 3.02. The molecule has 0 saturated carbocycles. The van der Waals surface area contributed by atoms with Gasteiger partial charge in [0.15, 0.2) is 5.60 Å². The summed E-state index contributed by atoms with van der Waals surface area (Å²) in [5.74, 6) is -0.810. The Bertz CT molecular complexity index is 291. The van der Waals surface area contributed by atoms with Crippen LogP contribution in [0, 0.1) is 0 Å². The van der Waals surface area contributed by atoms with Crippen LogP contribution in [0.5, 0.6) is 0 Å². The molecule has 1 unspecified atom stereocenters. The Kier molecular flexibility index (Phi) is 15.6. The third-order valence-electron chi connectivity index (χ3n) is 4.88. The minimum absolute atomic E-state index is 0.577. The summed E-state index contributed by atoms with van der Waals surface area (Å²) in [6.07, 6.45) is 17.7. The van der Waals surface area contributed by atoms with E-state index >= 15 is 0 Å². The van der Waals surface area contributed by atoms with Gasteiger partial charge in [-0.25, -0.2) is 4.79 Å². The summed E-state index contributed by atoms with van der Waals surface area (Å²) in [5.41, 5.74) is -0.994. The van der Waals surface area contributed by atoms with E-state index in [2.05, 4.69) is 13.8 Å². The summed E-state index contributed by atoms with van der Waals surface area (Å²) in [6.45, 7) is 6.77. The van der Waals surface area contributed by atoms with Gasteiger partial charge in [-0.2, -0.15) is 0 Å². The minimum Gasteiger partial charge on any atom is -0.479 e. The Balaban J connectivity index is 3.72. The standard InChI is InChI=1S/C21H42O3/c1-4-6-8-10-12-13-15-17-19-24-21(3,20(22)23)18-16-14-11-9-7-5-2/h4-19H2,1-3H3,(H,22,23). The molecule has 0 aromatic heterocycles. The SMILES string of the molecule is CCCCCCCCCCOC(C)(CCCCCCCC)C(=O)O. The van der Waals surface area contributed by atoms with Crippen LogP contribution in [-0.2, 0) is 9.53 Å². The van der Waals surface area contributed by atoms with Crippen molar-refractivity contribution in [2.24, 2.45) is 0 Å². The van der Waals surface area contributed by atoms with Gasteiger partial charge in [-0.05, 0) is 26.2 Å². The first kappa shape index (κ1) is 23.4. The quantitative estimate of drug-likeness (QED) is 0.281. The van der Waals surface area contributed by atoms with Crippen LogP contribution in [0.4, 0.5) is 0 Å². The number of carbonyl (C=O) groups is 1. The fraction of sp³-hybridized carbons (Fsp3) is 0.952. The van der Waals surface area contributed by atoms with Crippen molar-refractivity contribution >= 4 is 5.97 Å². The number of ether oxygens (including phenoxy) is 1. The van der Waals surface area contributed by atoms with E-state index in [9.17, 15) is 9.90 Å². The van der Waals surface area contributed by atoms with Crippen LogP contribution in [0.3, 0.4) is 0 Å². The molecule has 0 aromatic carbocycles. The number of carboxylic acid groups (broad SMARTS) is 1. The third kappa shape index (κ3) is 12.8. The van der Waals surface area contributed by atoms with E-state index in [1.807, 2.05) is 0 Å². The molecule has 0 aliphatic heterocycles. The number of carboxylic acids is 1. The van der Waals surface area contributed by atoms with Crippen LogP contribution in [0.25, 0.3) is 0 Å². The Hall–Kier alpha value is -0.570. The first-order valence-corrected chi connectivity index (χ1v) is 10.4. The van der Waals surface area contributed by atoms with Gasteiger partial charge in [0.1, 0.15) is 0 Å². The van der Waals surface area contributed by atoms with Gasteiger partial charge in [0.05, 0.1) is 0 Å². The van der Waals surface area contributed by atoms with Crippen molar-refractivity contribution in [1.82, 2.24) is 0 Å². The molecule has 3 nitrogen and oxygen atoms in total. The molecule has 1 N–H and O–H groups in total. The largest absolute Gasteiger partial charge is 0.479 e. The van der Waals surface area contributed by atoms with E-state index < -0.39 is 11.6 Å². The molecular formula is C21H42O3. The maximum atomic E-state index is 11.5. The molecule has 0 heterocycles. The Morgan fingerprint density at radius 1 is 0.750 bits per heavy atom. The van der Waals surface area contributed by atoms with Gasteiger partial charge < -0.3 is 9.84 Å². The number of unbranched alkanes of at least 4 members (excludes halogenated alkanes) is 12. The lowest BCUT2D eigenvalue weighted by atomic mass is 9.97. The highest BCUT2D eigenvalue weighted by Gasteiger charge is 2.33. The predicted molar refractivity (Wildman–Crippen MR) is 103 cm³/mol. The molecule has 0 saturated heterocycles. The summed E-state index contributed by atoms with van der Waals surface area (Å²) < 4.78 is 5.76. The summed E-state index contributed by atoms with van der Waals surface area (Å²) in [6, 6.07) is 0. The van der Waals surface area contributed by atoms with Crippen molar-refractivity contribution in [3.8, 4) is 0 Å². The summed E-state index contributed by atoms with van der Waals surface area (Å²) in [5, 5.41) is 9.47. The van der Waals surface area contributed by atoms with Crippen LogP contribution < -0.4 is 0 Å². The molecule has 144 valence electrons. The zero-order valence-corrected chi connectivity index (χ0v) is 16.6. The van der Waals surface area contributed by atoms with Crippen molar-refractivity contribution in [3.63, 3.8) is 0 Å². The van der Waals surface area contributed by atoms with Crippen molar-refractivity contribution in [1.29, 1.82) is 0 Å². The van der Waals surface area contributed by atoms with Gasteiger partial charge >= 0.3 is 5.97 Å². The molecular weight excluding hydrogens is 300 g/mol. The molecule has 0 amide bonds. The van der Waals surface area contributed by atoms with E-state index in [-0.39, 0.29) is 0 Å². The van der Waals surface area contributed by atoms with Crippen LogP contribution >= 0.6 is 0 Å². The molecule has 0 aliphatic carbocycles. The smallest absolute Gasteiger partial charge is 0.335 e. The first-order valence-electron chi connectivity index (χ1n) is 10.4. The highest BCUT2D eigenvalue weighted by molar-refractivity contribution is 5.76. The second kappa shape index (κ2) is 15.9. The van der Waals surface area contributed by atoms with Gasteiger partial charge in [0, 0.05) is 6.61 Å². The van der Waals surface area contributed by atoms with Crippen LogP contribution in [0.1, 0.15) is 117 Å². The maximum absolute atomic E-state index is 11.5. The van der Waals surface area contributed by atoms with E-state index in [1.54, 1.807) is 6.92 Å². The zero-order chi connectivity index (χ0) is 18.1. The van der Waals surface area contributed by atoms with Crippen molar-refractivity contribution in [2.75, 3.05) is 6.61 Å². The first-order chi connectivity index (χ1) is 11.6. The highest BCUT2D eigenvalue weighted by Crippen LogP contribution is 2.21. The topological polar surface area (TPSA) is 46.5 Å². The van der Waals surface area contributed by atoms with Crippen molar-refractivity contribution < 1.29 is 14.6 Å². The second-order valence-electron chi connectivity index (χ2n) is 7.38. The van der Waals surface area contributed by atoms with Gasteiger partial charge in [-0.3, -0.25) is 0 Å². The summed E-state index contributed by atoms with van der Waals surface area (Å²) in [7, 11) is 0. The average molecular weight is 343 g/mol. The monoisotopic (exact) mass is 342 g/mol. The van der Waals surface area contributed by atoms with Crippen LogP contribution in [-0.4, -0.2) is 23.3 Å². The Morgan fingerprint density at radius 3 is 1.62 bits per heavy atom. The van der Waals surface area contributed by atoms with Gasteiger partial charge in [0.25, 0.3) is 0 Å². The molecule has 3 heteroatoms. The lowest BCUT2D eigenvalue weighted by molar-refractivity contribution is -0.165. The molecule has 0 radical (unpaired) electrons. The van der Waals surface area contributed by atoms with Crippen molar-refractivity contribution in [3.05, 3.63) is 0 Å². The molecule has 0 fully saturated rings. The highest BCUT2D eigenvalue weighted by atomic mass is 16.5. The third-order valence-corrected chi connectivity index (χ3v) is 4.88. The lowest BCUT2D eigenvalue weighted by Crippen LogP contribution is -2.38. The zero-order valence-electron chi connectivity index (χ0n) is 16.6. The molecule has 1 atom stereocenters. The summed E-state index contributed by atoms with van der Waals surface area (Å²) >= 11 is 0. The van der Waals surface area contributed by atoms with E-state index in [0.717, 1.165) is 25.7 Å². The average Bonchev–Trinajstić information content (AvgIpc) is 2.56. The predicted octanol–water partition coefficient (Wildman–Crippen LogP) is 6.74. The van der Waals surface area contributed by atoms with Crippen LogP contribution in [0.2, 0.25) is 0 Å². The van der Waals surface area contributed by atoms with E-state index in [4.69, 9.17) is 4.74 Å². The molecule has 0 spiro atoms. The van der Waals surface area contributed by atoms with Crippen molar-refractivity contribution in [2.45, 2.75) is 123 Å². The second-order valence-corrected chi connectivity index (χ2v) is 7.38. The minimum atomic E-state index is -0.994. The molecule has 0 aliphatic rings. The molecule has 24 heavy (non-hydrogen) atoms. The van der Waals surface area contributed by atoms with E-state index in [1.165, 1.54) is 64.2 Å². The number of rotatable bonds is 18. The fourth-order valence-corrected chi connectivity index (χ4v) is 3.02. The number of hydrogen-bond acceptors (Lipinski definition) is 2. The normalized spacial score (nSPS) is 13.8. The van der Waals surface area contributed by atoms with Gasteiger partial charge in [0.2, 0.25) is 0 Å². The Morgan fingerprint density at radius 2 is 1.17 bits per heavy atom. The molecule has 0 aromatic rings. The molecule has 0 rings (SSSR count). The van der Waals surface area contributed by atoms with E-state index in [0.29, 0.717) is 13.0 Å². The summed E-state index contributed by atoms with van der Waals surface area (Å²) in [4.78, 5) is 11.5. The van der Waals surface area contributed by atoms with Gasteiger partial charge in [-0.1, -0.05) is 90.9 Å². The lowest BCUT2D eigenvalue weighted by Gasteiger charge is -2.25. The van der Waals surface area contributed by atoms with Gasteiger partial charge in [-0.15, -0.1) is 0 Å². The maximum Gasteiger partial charge on any atom is 0.335 e.